The number of pyridine rings is 1. The van der Waals surface area contributed by atoms with Gasteiger partial charge in [0.15, 0.2) is 0 Å². The van der Waals surface area contributed by atoms with Gasteiger partial charge in [0.1, 0.15) is 29.5 Å². The van der Waals surface area contributed by atoms with Crippen LogP contribution in [-0.2, 0) is 29.0 Å². The fourth-order valence-corrected chi connectivity index (χ4v) is 3.90. The molecular weight excluding hydrogens is 431 g/mol. The fourth-order valence-electron chi connectivity index (χ4n) is 3.90. The molecule has 10 nitrogen and oxygen atoms in total. The van der Waals surface area contributed by atoms with Crippen LogP contribution in [-0.4, -0.2) is 55.6 Å². The molecule has 0 radical (unpaired) electrons. The Morgan fingerprint density at radius 3 is 2.76 bits per heavy atom. The van der Waals surface area contributed by atoms with Crippen LogP contribution in [0.3, 0.4) is 0 Å². The van der Waals surface area contributed by atoms with E-state index in [1.54, 1.807) is 18.1 Å². The Labute approximate surface area is 189 Å². The van der Waals surface area contributed by atoms with Gasteiger partial charge in [0, 0.05) is 25.8 Å². The molecule has 174 valence electrons. The standard InChI is InChI=1S/C22H25FN6O4/c1-13(2)27-11-16-20(22(27)32)28(12-18(30)25-17-7-6-14(23)10-24-17)19-9-15(5-4-8-33-3)26-29(19)21(16)31/h6-7,9-10,13H,4-5,8,11-12H2,1-3H3,(H,24,25,30). The molecule has 0 saturated carbocycles. The van der Waals surface area contributed by atoms with Crippen LogP contribution in [0.5, 0.6) is 0 Å². The minimum absolute atomic E-state index is 0.119. The lowest BCUT2D eigenvalue weighted by molar-refractivity contribution is -0.116. The van der Waals surface area contributed by atoms with E-state index in [4.69, 9.17) is 4.74 Å². The van der Waals surface area contributed by atoms with Gasteiger partial charge in [0.25, 0.3) is 11.5 Å². The van der Waals surface area contributed by atoms with Crippen LogP contribution < -0.4 is 10.9 Å². The van der Waals surface area contributed by atoms with Gasteiger partial charge in [-0.1, -0.05) is 0 Å². The summed E-state index contributed by atoms with van der Waals surface area (Å²) >= 11 is 0. The van der Waals surface area contributed by atoms with Crippen molar-refractivity contribution in [2.45, 2.75) is 45.8 Å². The van der Waals surface area contributed by atoms with Crippen LogP contribution >= 0.6 is 0 Å². The van der Waals surface area contributed by atoms with Gasteiger partial charge in [-0.2, -0.15) is 9.61 Å². The fraction of sp³-hybridized carbons (Fsp3) is 0.409. The van der Waals surface area contributed by atoms with E-state index in [0.717, 1.165) is 6.20 Å². The van der Waals surface area contributed by atoms with Crippen LogP contribution in [0.1, 0.15) is 42.0 Å². The minimum Gasteiger partial charge on any atom is -0.385 e. The first-order valence-corrected chi connectivity index (χ1v) is 10.7. The number of fused-ring (bicyclic) bond motifs is 2. The third kappa shape index (κ3) is 4.36. The predicted molar refractivity (Wildman–Crippen MR) is 117 cm³/mol. The Kier molecular flexibility index (Phi) is 6.23. The smallest absolute Gasteiger partial charge is 0.280 e. The number of carbonyl (C=O) groups is 2. The number of carbonyl (C=O) groups excluding carboxylic acids is 2. The Balaban J connectivity index is 1.76. The molecule has 0 aliphatic carbocycles. The molecule has 0 bridgehead atoms. The summed E-state index contributed by atoms with van der Waals surface area (Å²) in [7, 11) is 1.61. The first kappa shape index (κ1) is 22.6. The quantitative estimate of drug-likeness (QED) is 0.516. The molecule has 33 heavy (non-hydrogen) atoms. The highest BCUT2D eigenvalue weighted by molar-refractivity contribution is 5.98. The zero-order valence-corrected chi connectivity index (χ0v) is 18.7. The summed E-state index contributed by atoms with van der Waals surface area (Å²) in [5.74, 6) is -1.12. The van der Waals surface area contributed by atoms with Crippen molar-refractivity contribution >= 4 is 23.3 Å². The molecule has 1 aliphatic rings. The SMILES string of the molecule is COCCCc1cc2n(CC(=O)Nc3ccc(F)cn3)c3c(c(=O)n2n1)CN(C(C)C)C3=O. The van der Waals surface area contributed by atoms with Crippen molar-refractivity contribution in [1.82, 2.24) is 24.1 Å². The van der Waals surface area contributed by atoms with E-state index in [1.807, 2.05) is 13.8 Å². The molecule has 2 amide bonds. The number of methoxy groups -OCH3 is 1. The van der Waals surface area contributed by atoms with E-state index >= 15 is 0 Å². The highest BCUT2D eigenvalue weighted by atomic mass is 19.1. The summed E-state index contributed by atoms with van der Waals surface area (Å²) in [6, 6.07) is 4.13. The monoisotopic (exact) mass is 456 g/mol. The predicted octanol–water partition coefficient (Wildman–Crippen LogP) is 1.61. The lowest BCUT2D eigenvalue weighted by atomic mass is 10.2. The number of rotatable bonds is 8. The van der Waals surface area contributed by atoms with Gasteiger partial charge in [0.2, 0.25) is 5.91 Å². The van der Waals surface area contributed by atoms with Gasteiger partial charge in [-0.3, -0.25) is 14.4 Å². The van der Waals surface area contributed by atoms with E-state index in [1.165, 1.54) is 21.2 Å². The van der Waals surface area contributed by atoms with Gasteiger partial charge >= 0.3 is 0 Å². The molecular formula is C22H25FN6O4. The minimum atomic E-state index is -0.521. The molecule has 11 heteroatoms. The van der Waals surface area contributed by atoms with Crippen molar-refractivity contribution in [3.63, 3.8) is 0 Å². The lowest BCUT2D eigenvalue weighted by Gasteiger charge is -2.20. The van der Waals surface area contributed by atoms with Crippen molar-refractivity contribution in [2.24, 2.45) is 0 Å². The van der Waals surface area contributed by atoms with Gasteiger partial charge < -0.3 is 19.5 Å². The number of halogens is 1. The third-order valence-corrected chi connectivity index (χ3v) is 5.52. The molecule has 4 rings (SSSR count). The summed E-state index contributed by atoms with van der Waals surface area (Å²) in [5.41, 5.74) is 1.14. The van der Waals surface area contributed by atoms with Gasteiger partial charge in [-0.25, -0.2) is 9.37 Å². The number of aromatic nitrogens is 4. The second kappa shape index (κ2) is 9.10. The van der Waals surface area contributed by atoms with E-state index in [9.17, 15) is 18.8 Å². The number of nitrogens with zero attached hydrogens (tertiary/aromatic N) is 5. The number of hydrogen-bond donors (Lipinski definition) is 1. The summed E-state index contributed by atoms with van der Waals surface area (Å²) in [4.78, 5) is 44.6. The van der Waals surface area contributed by atoms with Crippen molar-refractivity contribution in [1.29, 1.82) is 0 Å². The number of aryl methyl sites for hydroxylation is 1. The second-order valence-electron chi connectivity index (χ2n) is 8.16. The van der Waals surface area contributed by atoms with Crippen molar-refractivity contribution in [3.05, 3.63) is 57.5 Å². The zero-order valence-electron chi connectivity index (χ0n) is 18.7. The second-order valence-corrected chi connectivity index (χ2v) is 8.16. The highest BCUT2D eigenvalue weighted by Gasteiger charge is 2.36. The maximum absolute atomic E-state index is 13.2. The van der Waals surface area contributed by atoms with Crippen LogP contribution in [0.2, 0.25) is 0 Å². The molecule has 3 aromatic heterocycles. The Morgan fingerprint density at radius 2 is 2.09 bits per heavy atom. The van der Waals surface area contributed by atoms with E-state index in [-0.39, 0.29) is 42.1 Å². The number of hydrogen-bond acceptors (Lipinski definition) is 6. The largest absolute Gasteiger partial charge is 0.385 e. The Morgan fingerprint density at radius 1 is 1.30 bits per heavy atom. The number of nitrogens with one attached hydrogen (secondary N) is 1. The third-order valence-electron chi connectivity index (χ3n) is 5.52. The van der Waals surface area contributed by atoms with Crippen molar-refractivity contribution < 1.29 is 18.7 Å². The molecule has 0 unspecified atom stereocenters. The molecule has 0 saturated heterocycles. The summed E-state index contributed by atoms with van der Waals surface area (Å²) in [6.45, 7) is 4.19. The normalized spacial score (nSPS) is 13.2. The van der Waals surface area contributed by atoms with Crippen LogP contribution in [0.4, 0.5) is 10.2 Å². The molecule has 4 heterocycles. The van der Waals surface area contributed by atoms with Gasteiger partial charge in [0.05, 0.1) is 24.0 Å². The zero-order chi connectivity index (χ0) is 23.7. The average Bonchev–Trinajstić information content (AvgIpc) is 3.35. The Bertz CT molecular complexity index is 1260. The van der Waals surface area contributed by atoms with Crippen LogP contribution in [0.25, 0.3) is 5.65 Å². The van der Waals surface area contributed by atoms with Crippen LogP contribution in [0.15, 0.2) is 29.2 Å². The highest BCUT2D eigenvalue weighted by Crippen LogP contribution is 2.24. The molecule has 1 aliphatic heterocycles. The number of amides is 2. The first-order valence-electron chi connectivity index (χ1n) is 10.7. The topological polar surface area (TPSA) is 111 Å². The summed E-state index contributed by atoms with van der Waals surface area (Å²) in [5, 5.41) is 7.03. The molecule has 0 fully saturated rings. The number of anilines is 1. The van der Waals surface area contributed by atoms with E-state index in [0.29, 0.717) is 36.4 Å². The maximum Gasteiger partial charge on any atom is 0.280 e. The lowest BCUT2D eigenvalue weighted by Crippen LogP contribution is -2.32. The molecule has 0 atom stereocenters. The molecule has 0 aromatic carbocycles. The Hall–Kier alpha value is -3.60. The average molecular weight is 456 g/mol. The van der Waals surface area contributed by atoms with Crippen molar-refractivity contribution in [3.8, 4) is 0 Å². The summed E-state index contributed by atoms with van der Waals surface area (Å²) in [6.07, 6.45) is 2.29. The first-order chi connectivity index (χ1) is 15.8. The van der Waals surface area contributed by atoms with Gasteiger partial charge in [-0.05, 0) is 38.8 Å². The van der Waals surface area contributed by atoms with Crippen LogP contribution in [0, 0.1) is 5.82 Å². The molecule has 3 aromatic rings. The summed E-state index contributed by atoms with van der Waals surface area (Å²) < 4.78 is 21.0. The van der Waals surface area contributed by atoms with E-state index < -0.39 is 11.7 Å². The maximum atomic E-state index is 13.2. The van der Waals surface area contributed by atoms with Gasteiger partial charge in [-0.15, -0.1) is 0 Å². The van der Waals surface area contributed by atoms with Crippen molar-refractivity contribution in [2.75, 3.05) is 19.0 Å². The van der Waals surface area contributed by atoms with E-state index in [2.05, 4.69) is 15.4 Å². The molecule has 1 N–H and O–H groups in total. The number of ether oxygens (including phenoxy) is 1. The molecule has 0 spiro atoms.